The molecule has 0 bridgehead atoms. The third kappa shape index (κ3) is 2.30. The van der Waals surface area contributed by atoms with Gasteiger partial charge >= 0.3 is 0 Å². The van der Waals surface area contributed by atoms with Crippen LogP contribution in [-0.4, -0.2) is 24.6 Å². The van der Waals surface area contributed by atoms with Crippen LogP contribution in [-0.2, 0) is 0 Å². The molecule has 0 spiro atoms. The first-order chi connectivity index (χ1) is 7.72. The van der Waals surface area contributed by atoms with Crippen LogP contribution in [0.25, 0.3) is 0 Å². The molecule has 2 atom stereocenters. The van der Waals surface area contributed by atoms with Gasteiger partial charge in [0.2, 0.25) is 0 Å². The first-order valence-corrected chi connectivity index (χ1v) is 6.15. The zero-order valence-corrected chi connectivity index (χ0v) is 10.3. The monoisotopic (exact) mass is 239 g/mol. The molecule has 1 aliphatic heterocycles. The van der Waals surface area contributed by atoms with E-state index in [0.29, 0.717) is 11.8 Å². The van der Waals surface area contributed by atoms with Crippen molar-refractivity contribution in [1.29, 1.82) is 0 Å². The number of hydrogen-bond acceptors (Lipinski definition) is 3. The molecular weight excluding hydrogens is 222 g/mol. The number of rotatable bonds is 2. The summed E-state index contributed by atoms with van der Waals surface area (Å²) in [7, 11) is 0. The molecule has 0 aromatic carbocycles. The average Bonchev–Trinajstić information content (AvgIpc) is 2.31. The van der Waals surface area contributed by atoms with E-state index >= 15 is 0 Å². The Bertz CT molecular complexity index is 356. The summed E-state index contributed by atoms with van der Waals surface area (Å²) in [5.74, 6) is 2.14. The Balaban J connectivity index is 2.14. The molecular formula is C12H18ClN3. The summed E-state index contributed by atoms with van der Waals surface area (Å²) >= 11 is 6.15. The second-order valence-electron chi connectivity index (χ2n) is 4.52. The maximum absolute atomic E-state index is 6.15. The standard InChI is InChI=1S/C12H18ClN3/c1-9-4-6-16(8-10(9)7-14)12-11(13)3-2-5-15-12/h2-3,5,9-10H,4,6-8,14H2,1H3. The third-order valence-corrected chi connectivity index (χ3v) is 3.75. The summed E-state index contributed by atoms with van der Waals surface area (Å²) in [6, 6.07) is 3.75. The summed E-state index contributed by atoms with van der Waals surface area (Å²) < 4.78 is 0. The van der Waals surface area contributed by atoms with Crippen LogP contribution in [0.2, 0.25) is 5.02 Å². The van der Waals surface area contributed by atoms with E-state index in [2.05, 4.69) is 16.8 Å². The number of aromatic nitrogens is 1. The Hall–Kier alpha value is -0.800. The minimum atomic E-state index is 0.548. The minimum Gasteiger partial charge on any atom is -0.355 e. The van der Waals surface area contributed by atoms with Crippen molar-refractivity contribution in [2.75, 3.05) is 24.5 Å². The molecule has 2 unspecified atom stereocenters. The van der Waals surface area contributed by atoms with Crippen LogP contribution in [0.4, 0.5) is 5.82 Å². The van der Waals surface area contributed by atoms with E-state index in [1.807, 2.05) is 12.1 Å². The molecule has 0 saturated carbocycles. The lowest BCUT2D eigenvalue weighted by molar-refractivity contribution is 0.307. The van der Waals surface area contributed by atoms with Gasteiger partial charge in [0.25, 0.3) is 0 Å². The van der Waals surface area contributed by atoms with Gasteiger partial charge in [0, 0.05) is 19.3 Å². The summed E-state index contributed by atoms with van der Waals surface area (Å²) in [6.45, 7) is 5.00. The van der Waals surface area contributed by atoms with Crippen LogP contribution >= 0.6 is 11.6 Å². The highest BCUT2D eigenvalue weighted by Gasteiger charge is 2.26. The van der Waals surface area contributed by atoms with Gasteiger partial charge in [-0.05, 0) is 36.9 Å². The van der Waals surface area contributed by atoms with Crippen molar-refractivity contribution in [2.45, 2.75) is 13.3 Å². The lowest BCUT2D eigenvalue weighted by Gasteiger charge is -2.37. The molecule has 1 fully saturated rings. The van der Waals surface area contributed by atoms with Crippen molar-refractivity contribution < 1.29 is 0 Å². The van der Waals surface area contributed by atoms with E-state index in [4.69, 9.17) is 17.3 Å². The van der Waals surface area contributed by atoms with Crippen molar-refractivity contribution in [3.05, 3.63) is 23.4 Å². The number of pyridine rings is 1. The number of anilines is 1. The first kappa shape index (κ1) is 11.7. The zero-order valence-electron chi connectivity index (χ0n) is 9.56. The number of piperidine rings is 1. The van der Waals surface area contributed by atoms with E-state index in [1.54, 1.807) is 6.20 Å². The van der Waals surface area contributed by atoms with Crippen molar-refractivity contribution in [3.63, 3.8) is 0 Å². The normalized spacial score (nSPS) is 25.8. The van der Waals surface area contributed by atoms with Crippen LogP contribution in [0, 0.1) is 11.8 Å². The second kappa shape index (κ2) is 5.02. The zero-order chi connectivity index (χ0) is 11.5. The molecule has 88 valence electrons. The second-order valence-corrected chi connectivity index (χ2v) is 4.92. The maximum atomic E-state index is 6.15. The van der Waals surface area contributed by atoms with Crippen LogP contribution < -0.4 is 10.6 Å². The van der Waals surface area contributed by atoms with Crippen LogP contribution in [0.15, 0.2) is 18.3 Å². The molecule has 3 nitrogen and oxygen atoms in total. The highest BCUT2D eigenvalue weighted by atomic mass is 35.5. The fourth-order valence-electron chi connectivity index (χ4n) is 2.26. The van der Waals surface area contributed by atoms with Gasteiger partial charge in [-0.3, -0.25) is 0 Å². The molecule has 2 rings (SSSR count). The molecule has 0 radical (unpaired) electrons. The summed E-state index contributed by atoms with van der Waals surface area (Å²) in [4.78, 5) is 6.60. The molecule has 2 heterocycles. The lowest BCUT2D eigenvalue weighted by Crippen LogP contribution is -2.43. The summed E-state index contributed by atoms with van der Waals surface area (Å²) in [6.07, 6.45) is 2.95. The Morgan fingerprint density at radius 3 is 3.12 bits per heavy atom. The minimum absolute atomic E-state index is 0.548. The molecule has 16 heavy (non-hydrogen) atoms. The van der Waals surface area contributed by atoms with Gasteiger partial charge in [-0.15, -0.1) is 0 Å². The van der Waals surface area contributed by atoms with E-state index in [1.165, 1.54) is 0 Å². The van der Waals surface area contributed by atoms with E-state index < -0.39 is 0 Å². The number of hydrogen-bond donors (Lipinski definition) is 1. The fourth-order valence-corrected chi connectivity index (χ4v) is 2.50. The average molecular weight is 240 g/mol. The van der Waals surface area contributed by atoms with Gasteiger partial charge in [0.05, 0.1) is 5.02 Å². The van der Waals surface area contributed by atoms with Gasteiger partial charge < -0.3 is 10.6 Å². The van der Waals surface area contributed by atoms with Crippen LogP contribution in [0.1, 0.15) is 13.3 Å². The maximum Gasteiger partial charge on any atom is 0.147 e. The van der Waals surface area contributed by atoms with Crippen LogP contribution in [0.5, 0.6) is 0 Å². The van der Waals surface area contributed by atoms with Crippen molar-refractivity contribution in [2.24, 2.45) is 17.6 Å². The predicted octanol–water partition coefficient (Wildman–Crippen LogP) is 2.16. The topological polar surface area (TPSA) is 42.2 Å². The molecule has 1 saturated heterocycles. The first-order valence-electron chi connectivity index (χ1n) is 5.78. The molecule has 0 aliphatic carbocycles. The van der Waals surface area contributed by atoms with E-state index in [-0.39, 0.29) is 0 Å². The highest BCUT2D eigenvalue weighted by Crippen LogP contribution is 2.29. The number of nitrogens with two attached hydrogens (primary N) is 1. The van der Waals surface area contributed by atoms with Crippen molar-refractivity contribution in [1.82, 2.24) is 4.98 Å². The Labute approximate surface area is 102 Å². The van der Waals surface area contributed by atoms with Gasteiger partial charge in [-0.1, -0.05) is 18.5 Å². The van der Waals surface area contributed by atoms with Gasteiger partial charge in [-0.2, -0.15) is 0 Å². The Morgan fingerprint density at radius 1 is 1.62 bits per heavy atom. The molecule has 1 aromatic heterocycles. The predicted molar refractivity (Wildman–Crippen MR) is 67.8 cm³/mol. The number of nitrogens with zero attached hydrogens (tertiary/aromatic N) is 2. The largest absolute Gasteiger partial charge is 0.355 e. The van der Waals surface area contributed by atoms with Crippen molar-refractivity contribution in [3.8, 4) is 0 Å². The summed E-state index contributed by atoms with van der Waals surface area (Å²) in [5.41, 5.74) is 5.79. The van der Waals surface area contributed by atoms with E-state index in [0.717, 1.165) is 36.9 Å². The van der Waals surface area contributed by atoms with Gasteiger partial charge in [0.15, 0.2) is 0 Å². The van der Waals surface area contributed by atoms with Crippen LogP contribution in [0.3, 0.4) is 0 Å². The van der Waals surface area contributed by atoms with Crippen molar-refractivity contribution >= 4 is 17.4 Å². The molecule has 0 amide bonds. The van der Waals surface area contributed by atoms with Gasteiger partial charge in [-0.25, -0.2) is 4.98 Å². The quantitative estimate of drug-likeness (QED) is 0.860. The molecule has 2 N–H and O–H groups in total. The van der Waals surface area contributed by atoms with E-state index in [9.17, 15) is 0 Å². The van der Waals surface area contributed by atoms with Gasteiger partial charge in [0.1, 0.15) is 5.82 Å². The summed E-state index contributed by atoms with van der Waals surface area (Å²) in [5, 5.41) is 0.729. The fraction of sp³-hybridized carbons (Fsp3) is 0.583. The lowest BCUT2D eigenvalue weighted by atomic mass is 9.87. The SMILES string of the molecule is CC1CCN(c2ncccc2Cl)CC1CN. The smallest absolute Gasteiger partial charge is 0.147 e. The highest BCUT2D eigenvalue weighted by molar-refractivity contribution is 6.32. The molecule has 4 heteroatoms. The Kier molecular flexibility index (Phi) is 3.66. The molecule has 1 aliphatic rings. The number of halogens is 1. The Morgan fingerprint density at radius 2 is 2.44 bits per heavy atom. The third-order valence-electron chi connectivity index (χ3n) is 3.46. The molecule has 1 aromatic rings.